The van der Waals surface area contributed by atoms with Crippen LogP contribution in [0.1, 0.15) is 18.4 Å². The lowest BCUT2D eigenvalue weighted by Crippen LogP contribution is -2.66. The summed E-state index contributed by atoms with van der Waals surface area (Å²) in [5, 5.41) is 1.10. The molecule has 7 rings (SSSR count). The number of nitrogens with zero attached hydrogens (tertiary/aromatic N) is 2. The molecule has 5 heterocycles. The maximum atomic E-state index is 6.17. The van der Waals surface area contributed by atoms with Gasteiger partial charge in [-0.1, -0.05) is 0 Å². The van der Waals surface area contributed by atoms with E-state index in [1.54, 1.807) is 6.26 Å². The van der Waals surface area contributed by atoms with Crippen molar-refractivity contribution in [3.8, 4) is 0 Å². The SMILES string of the molecule is c1cc2cc(C3=NC4(ON3)C3CC5CC4CN(C5)C3)ccc2o1. The zero-order valence-corrected chi connectivity index (χ0v) is 12.9. The molecule has 2 aromatic rings. The number of rotatable bonds is 1. The highest BCUT2D eigenvalue weighted by molar-refractivity contribution is 6.01. The van der Waals surface area contributed by atoms with Crippen LogP contribution in [0, 0.1) is 17.8 Å². The Morgan fingerprint density at radius 3 is 2.83 bits per heavy atom. The van der Waals surface area contributed by atoms with Crippen molar-refractivity contribution in [1.82, 2.24) is 10.4 Å². The Morgan fingerprint density at radius 1 is 1.13 bits per heavy atom. The van der Waals surface area contributed by atoms with Crippen molar-refractivity contribution in [1.29, 1.82) is 0 Å². The molecule has 0 amide bonds. The summed E-state index contributed by atoms with van der Waals surface area (Å²) in [5.41, 5.74) is 4.79. The van der Waals surface area contributed by atoms with Crippen molar-refractivity contribution < 1.29 is 9.25 Å². The minimum absolute atomic E-state index is 0.339. The third-order valence-corrected chi connectivity index (χ3v) is 6.20. The van der Waals surface area contributed by atoms with Crippen molar-refractivity contribution in [3.63, 3.8) is 0 Å². The second kappa shape index (κ2) is 4.16. The van der Waals surface area contributed by atoms with E-state index in [-0.39, 0.29) is 5.72 Å². The average molecular weight is 309 g/mol. The van der Waals surface area contributed by atoms with E-state index in [0.717, 1.165) is 41.4 Å². The topological polar surface area (TPSA) is 50.0 Å². The number of fused-ring (bicyclic) bond motifs is 1. The normalized spacial score (nSPS) is 40.8. The van der Waals surface area contributed by atoms with Crippen LogP contribution in [0.4, 0.5) is 0 Å². The van der Waals surface area contributed by atoms with Crippen molar-refractivity contribution in [2.24, 2.45) is 22.7 Å². The second-order valence-electron chi connectivity index (χ2n) is 7.54. The average Bonchev–Trinajstić information content (AvgIpc) is 3.19. The van der Waals surface area contributed by atoms with Crippen LogP contribution in [-0.4, -0.2) is 36.1 Å². The first-order valence-corrected chi connectivity index (χ1v) is 8.54. The van der Waals surface area contributed by atoms with Crippen LogP contribution in [0.3, 0.4) is 0 Å². The highest BCUT2D eigenvalue weighted by Crippen LogP contribution is 2.52. The molecular formula is C18H19N3O2. The van der Waals surface area contributed by atoms with Gasteiger partial charge < -0.3 is 9.32 Å². The zero-order chi connectivity index (χ0) is 15.0. The Hall–Kier alpha value is -1.85. The van der Waals surface area contributed by atoms with Crippen LogP contribution in [0.2, 0.25) is 0 Å². The van der Waals surface area contributed by atoms with E-state index < -0.39 is 0 Å². The summed E-state index contributed by atoms with van der Waals surface area (Å²) in [5.74, 6) is 2.77. The van der Waals surface area contributed by atoms with Crippen molar-refractivity contribution in [2.45, 2.75) is 18.6 Å². The van der Waals surface area contributed by atoms with E-state index in [9.17, 15) is 0 Å². The van der Waals surface area contributed by atoms with Gasteiger partial charge in [0.1, 0.15) is 5.58 Å². The predicted octanol–water partition coefficient (Wildman–Crippen LogP) is 2.38. The molecule has 4 bridgehead atoms. The summed E-state index contributed by atoms with van der Waals surface area (Å²) in [4.78, 5) is 13.9. The molecule has 2 atom stereocenters. The smallest absolute Gasteiger partial charge is 0.195 e. The number of furan rings is 1. The first kappa shape index (κ1) is 12.6. The van der Waals surface area contributed by atoms with E-state index in [0.29, 0.717) is 11.8 Å². The molecule has 23 heavy (non-hydrogen) atoms. The third-order valence-electron chi connectivity index (χ3n) is 6.20. The molecule has 1 saturated carbocycles. The number of hydrogen-bond acceptors (Lipinski definition) is 5. The van der Waals surface area contributed by atoms with Gasteiger partial charge in [-0.3, -0.25) is 0 Å². The third kappa shape index (κ3) is 1.61. The Bertz CT molecular complexity index is 797. The quantitative estimate of drug-likeness (QED) is 0.879. The largest absolute Gasteiger partial charge is 0.464 e. The van der Waals surface area contributed by atoms with Crippen LogP contribution >= 0.6 is 0 Å². The molecule has 4 fully saturated rings. The molecule has 4 aliphatic heterocycles. The number of piperidine rings is 3. The fourth-order valence-electron chi connectivity index (χ4n) is 5.28. The lowest BCUT2D eigenvalue weighted by atomic mass is 9.63. The van der Waals surface area contributed by atoms with Gasteiger partial charge in [-0.15, -0.1) is 0 Å². The van der Waals surface area contributed by atoms with Gasteiger partial charge in [0, 0.05) is 42.4 Å². The van der Waals surface area contributed by atoms with Crippen LogP contribution < -0.4 is 5.48 Å². The molecule has 1 aliphatic carbocycles. The summed E-state index contributed by atoms with van der Waals surface area (Å²) < 4.78 is 5.43. The van der Waals surface area contributed by atoms with E-state index in [2.05, 4.69) is 22.5 Å². The van der Waals surface area contributed by atoms with Crippen LogP contribution in [0.25, 0.3) is 11.0 Å². The summed E-state index contributed by atoms with van der Waals surface area (Å²) in [6, 6.07) is 8.16. The molecule has 5 heteroatoms. The molecule has 5 nitrogen and oxygen atoms in total. The molecule has 0 radical (unpaired) electrons. The molecular weight excluding hydrogens is 290 g/mol. The van der Waals surface area contributed by atoms with Crippen molar-refractivity contribution >= 4 is 16.8 Å². The number of hydrogen-bond donors (Lipinski definition) is 1. The van der Waals surface area contributed by atoms with E-state index >= 15 is 0 Å². The van der Waals surface area contributed by atoms with Crippen molar-refractivity contribution in [2.75, 3.05) is 19.6 Å². The Labute approximate surface area is 134 Å². The monoisotopic (exact) mass is 309 g/mol. The molecule has 1 aromatic heterocycles. The van der Waals surface area contributed by atoms with E-state index in [4.69, 9.17) is 14.2 Å². The van der Waals surface area contributed by atoms with Crippen LogP contribution in [0.5, 0.6) is 0 Å². The number of hydroxylamine groups is 1. The number of aliphatic imine (C=N–C) groups is 1. The maximum absolute atomic E-state index is 6.17. The fourth-order valence-corrected chi connectivity index (χ4v) is 5.28. The van der Waals surface area contributed by atoms with Gasteiger partial charge in [-0.2, -0.15) is 0 Å². The Balaban J connectivity index is 1.41. The molecule has 1 aromatic carbocycles. The van der Waals surface area contributed by atoms with Gasteiger partial charge in [0.05, 0.1) is 6.26 Å². The van der Waals surface area contributed by atoms with Gasteiger partial charge in [0.25, 0.3) is 0 Å². The Kier molecular flexibility index (Phi) is 2.27. The van der Waals surface area contributed by atoms with Gasteiger partial charge in [-0.05, 0) is 43.0 Å². The van der Waals surface area contributed by atoms with Crippen molar-refractivity contribution in [3.05, 3.63) is 36.1 Å². The fraction of sp³-hybridized carbons (Fsp3) is 0.500. The highest BCUT2D eigenvalue weighted by Gasteiger charge is 2.60. The summed E-state index contributed by atoms with van der Waals surface area (Å²) in [6.45, 7) is 3.54. The Morgan fingerprint density at radius 2 is 2.00 bits per heavy atom. The van der Waals surface area contributed by atoms with Gasteiger partial charge >= 0.3 is 0 Å². The lowest BCUT2D eigenvalue weighted by Gasteiger charge is -2.58. The molecule has 118 valence electrons. The van der Waals surface area contributed by atoms with Gasteiger partial charge in [0.2, 0.25) is 0 Å². The first-order chi connectivity index (χ1) is 11.3. The maximum Gasteiger partial charge on any atom is 0.195 e. The zero-order valence-electron chi connectivity index (χ0n) is 12.9. The first-order valence-electron chi connectivity index (χ1n) is 8.54. The number of nitrogens with one attached hydrogen (secondary N) is 1. The molecule has 1 spiro atoms. The van der Waals surface area contributed by atoms with E-state index in [1.807, 2.05) is 12.1 Å². The molecule has 1 N–H and O–H groups in total. The number of amidine groups is 1. The van der Waals surface area contributed by atoms with Gasteiger partial charge in [0.15, 0.2) is 11.6 Å². The summed E-state index contributed by atoms with van der Waals surface area (Å²) >= 11 is 0. The van der Waals surface area contributed by atoms with Gasteiger partial charge in [-0.25, -0.2) is 15.3 Å². The predicted molar refractivity (Wildman–Crippen MR) is 85.8 cm³/mol. The minimum atomic E-state index is -0.339. The number of benzene rings is 1. The summed E-state index contributed by atoms with van der Waals surface area (Å²) in [6.07, 6.45) is 4.24. The van der Waals surface area contributed by atoms with Crippen LogP contribution in [0.15, 0.2) is 39.9 Å². The highest BCUT2D eigenvalue weighted by atomic mass is 16.7. The lowest BCUT2D eigenvalue weighted by molar-refractivity contribution is -0.212. The van der Waals surface area contributed by atoms with Crippen LogP contribution in [-0.2, 0) is 4.84 Å². The van der Waals surface area contributed by atoms with E-state index in [1.165, 1.54) is 19.4 Å². The molecule has 2 unspecified atom stereocenters. The summed E-state index contributed by atoms with van der Waals surface area (Å²) in [7, 11) is 0. The molecule has 5 aliphatic rings. The minimum Gasteiger partial charge on any atom is -0.464 e. The molecule has 3 saturated heterocycles. The standard InChI is InChI=1S/C18H19N3O2/c1-2-16-12(3-4-22-16)7-13(1)17-19-18(23-20-17)14-5-11-6-15(18)10-21(8-11)9-14/h1-4,7,11,14-15H,5-6,8-10H2,(H,19,20). The second-order valence-corrected chi connectivity index (χ2v) is 7.54.